The van der Waals surface area contributed by atoms with E-state index in [9.17, 15) is 19.2 Å². The van der Waals surface area contributed by atoms with E-state index >= 15 is 0 Å². The van der Waals surface area contributed by atoms with Gasteiger partial charge in [-0.15, -0.1) is 0 Å². The van der Waals surface area contributed by atoms with Crippen LogP contribution in [0.5, 0.6) is 0 Å². The molecule has 2 aromatic rings. The first-order valence-corrected chi connectivity index (χ1v) is 11.5. The van der Waals surface area contributed by atoms with Crippen LogP contribution in [0, 0.1) is 6.92 Å². The van der Waals surface area contributed by atoms with Gasteiger partial charge in [-0.2, -0.15) is 0 Å². The highest BCUT2D eigenvalue weighted by Gasteiger charge is 2.45. The summed E-state index contributed by atoms with van der Waals surface area (Å²) in [6.45, 7) is 4.72. The monoisotopic (exact) mass is 464 g/mol. The molecule has 2 heterocycles. The Labute approximate surface area is 198 Å². The van der Waals surface area contributed by atoms with E-state index in [4.69, 9.17) is 9.47 Å². The zero-order valence-electron chi connectivity index (χ0n) is 19.4. The average molecular weight is 465 g/mol. The van der Waals surface area contributed by atoms with Gasteiger partial charge in [-0.1, -0.05) is 17.7 Å². The van der Waals surface area contributed by atoms with Crippen molar-refractivity contribution in [1.82, 2.24) is 4.90 Å². The molecule has 8 nitrogen and oxygen atoms in total. The topological polar surface area (TPSA) is 93.2 Å². The normalized spacial score (nSPS) is 20.0. The number of carbonyl (C=O) groups excluding carboxylic acids is 4. The van der Waals surface area contributed by atoms with Gasteiger partial charge in [-0.05, 0) is 63.1 Å². The van der Waals surface area contributed by atoms with E-state index in [1.54, 1.807) is 25.1 Å². The van der Waals surface area contributed by atoms with Crippen molar-refractivity contribution in [1.29, 1.82) is 0 Å². The lowest BCUT2D eigenvalue weighted by molar-refractivity contribution is -0.122. The first-order chi connectivity index (χ1) is 16.4. The number of carbonyl (C=O) groups is 4. The Bertz CT molecular complexity index is 1090. The molecule has 2 saturated heterocycles. The summed E-state index contributed by atoms with van der Waals surface area (Å²) in [5.41, 5.74) is 2.08. The van der Waals surface area contributed by atoms with Crippen LogP contribution in [-0.4, -0.2) is 60.5 Å². The van der Waals surface area contributed by atoms with Crippen molar-refractivity contribution in [2.75, 3.05) is 24.7 Å². The molecule has 0 saturated carbocycles. The Morgan fingerprint density at radius 1 is 1.12 bits per heavy atom. The van der Waals surface area contributed by atoms with Crippen molar-refractivity contribution in [3.8, 4) is 0 Å². The number of benzene rings is 2. The van der Waals surface area contributed by atoms with Gasteiger partial charge in [0.15, 0.2) is 0 Å². The maximum atomic E-state index is 13.5. The summed E-state index contributed by atoms with van der Waals surface area (Å²) >= 11 is 0. The summed E-state index contributed by atoms with van der Waals surface area (Å²) in [5, 5.41) is 0. The van der Waals surface area contributed by atoms with E-state index < -0.39 is 23.8 Å². The smallest absolute Gasteiger partial charge is 0.338 e. The molecule has 0 aliphatic carbocycles. The number of nitrogens with zero attached hydrogens (tertiary/aromatic N) is 2. The van der Waals surface area contributed by atoms with Crippen molar-refractivity contribution < 1.29 is 28.7 Å². The first-order valence-electron chi connectivity index (χ1n) is 11.5. The van der Waals surface area contributed by atoms with Gasteiger partial charge in [0.05, 0.1) is 30.4 Å². The highest BCUT2D eigenvalue weighted by molar-refractivity contribution is 6.23. The Kier molecular flexibility index (Phi) is 7.07. The zero-order chi connectivity index (χ0) is 24.2. The van der Waals surface area contributed by atoms with Crippen molar-refractivity contribution in [2.45, 2.75) is 45.3 Å². The molecule has 2 aliphatic rings. The third kappa shape index (κ3) is 4.87. The lowest BCUT2D eigenvalue weighted by atomic mass is 10.1. The highest BCUT2D eigenvalue weighted by Crippen LogP contribution is 2.28. The van der Waals surface area contributed by atoms with Gasteiger partial charge in [0.1, 0.15) is 6.04 Å². The number of rotatable bonds is 7. The third-order valence-corrected chi connectivity index (χ3v) is 6.09. The molecule has 8 heteroatoms. The van der Waals surface area contributed by atoms with Crippen LogP contribution in [0.4, 0.5) is 5.69 Å². The molecule has 0 aromatic heterocycles. The largest absolute Gasteiger partial charge is 0.462 e. The molecule has 0 N–H and O–H groups in total. The van der Waals surface area contributed by atoms with E-state index in [1.165, 1.54) is 29.2 Å². The summed E-state index contributed by atoms with van der Waals surface area (Å²) in [6, 6.07) is 12.4. The molecule has 0 radical (unpaired) electrons. The minimum Gasteiger partial charge on any atom is -0.462 e. The maximum Gasteiger partial charge on any atom is 0.338 e. The van der Waals surface area contributed by atoms with Crippen molar-refractivity contribution in [3.05, 3.63) is 65.2 Å². The van der Waals surface area contributed by atoms with Crippen LogP contribution in [-0.2, 0) is 19.1 Å². The zero-order valence-corrected chi connectivity index (χ0v) is 19.4. The molecule has 2 atom stereocenters. The Hall–Kier alpha value is -3.52. The number of amides is 3. The molecule has 0 spiro atoms. The van der Waals surface area contributed by atoms with Gasteiger partial charge in [-0.3, -0.25) is 14.4 Å². The molecule has 3 amide bonds. The summed E-state index contributed by atoms with van der Waals surface area (Å²) in [4.78, 5) is 54.3. The van der Waals surface area contributed by atoms with Gasteiger partial charge in [0, 0.05) is 18.7 Å². The Balaban J connectivity index is 1.59. The quantitative estimate of drug-likeness (QED) is 0.462. The second-order valence-corrected chi connectivity index (χ2v) is 8.52. The molecule has 2 aromatic carbocycles. The van der Waals surface area contributed by atoms with E-state index in [0.717, 1.165) is 23.3 Å². The van der Waals surface area contributed by atoms with Crippen molar-refractivity contribution in [2.24, 2.45) is 0 Å². The third-order valence-electron chi connectivity index (χ3n) is 6.09. The van der Waals surface area contributed by atoms with E-state index in [-0.39, 0.29) is 31.6 Å². The van der Waals surface area contributed by atoms with E-state index in [0.29, 0.717) is 23.4 Å². The van der Waals surface area contributed by atoms with Gasteiger partial charge >= 0.3 is 5.97 Å². The molecule has 0 bridgehead atoms. The molecular formula is C26H28N2O6. The first kappa shape index (κ1) is 23.6. The fourth-order valence-electron chi connectivity index (χ4n) is 4.39. The fraction of sp³-hybridized carbons (Fsp3) is 0.385. The Morgan fingerprint density at radius 3 is 2.53 bits per heavy atom. The number of esters is 1. The summed E-state index contributed by atoms with van der Waals surface area (Å²) in [5.74, 6) is -1.64. The predicted octanol–water partition coefficient (Wildman–Crippen LogP) is 3.13. The second-order valence-electron chi connectivity index (χ2n) is 8.52. The van der Waals surface area contributed by atoms with Crippen LogP contribution >= 0.6 is 0 Å². The van der Waals surface area contributed by atoms with Crippen molar-refractivity contribution in [3.63, 3.8) is 0 Å². The minimum absolute atomic E-state index is 0.108. The maximum absolute atomic E-state index is 13.5. The lowest BCUT2D eigenvalue weighted by Crippen LogP contribution is -2.48. The molecule has 2 fully saturated rings. The lowest BCUT2D eigenvalue weighted by Gasteiger charge is -2.30. The van der Waals surface area contributed by atoms with Gasteiger partial charge in [0.2, 0.25) is 5.91 Å². The molecule has 34 heavy (non-hydrogen) atoms. The molecule has 4 rings (SSSR count). The SMILES string of the molecule is CCOC(=O)c1ccc(N2C(=O)CC(N(CC3CCCO3)C(=O)c3cccc(C)c3)C2=O)cc1. The van der Waals surface area contributed by atoms with Crippen LogP contribution < -0.4 is 4.90 Å². The molecule has 2 aliphatic heterocycles. The Morgan fingerprint density at radius 2 is 1.88 bits per heavy atom. The van der Waals surface area contributed by atoms with Gasteiger partial charge < -0.3 is 14.4 Å². The van der Waals surface area contributed by atoms with Crippen LogP contribution in [0.15, 0.2) is 48.5 Å². The number of ether oxygens (including phenoxy) is 2. The summed E-state index contributed by atoms with van der Waals surface area (Å²) < 4.78 is 10.7. The number of hydrogen-bond acceptors (Lipinski definition) is 6. The van der Waals surface area contributed by atoms with Crippen LogP contribution in [0.25, 0.3) is 0 Å². The number of anilines is 1. The number of hydrogen-bond donors (Lipinski definition) is 0. The average Bonchev–Trinajstić information content (AvgIpc) is 3.44. The minimum atomic E-state index is -0.922. The van der Waals surface area contributed by atoms with Gasteiger partial charge in [0.25, 0.3) is 11.8 Å². The van der Waals surface area contributed by atoms with Crippen LogP contribution in [0.3, 0.4) is 0 Å². The van der Waals surface area contributed by atoms with Crippen LogP contribution in [0.1, 0.15) is 52.5 Å². The fourth-order valence-corrected chi connectivity index (χ4v) is 4.39. The molecule has 178 valence electrons. The molecular weight excluding hydrogens is 436 g/mol. The standard InChI is InChI=1S/C26H28N2O6/c1-3-33-26(32)18-9-11-20(12-10-18)28-23(29)15-22(25(28)31)27(16-21-8-5-13-34-21)24(30)19-7-4-6-17(2)14-19/h4,6-7,9-12,14,21-22H,3,5,8,13,15-16H2,1-2H3. The van der Waals surface area contributed by atoms with E-state index in [2.05, 4.69) is 0 Å². The summed E-state index contributed by atoms with van der Waals surface area (Å²) in [7, 11) is 0. The van der Waals surface area contributed by atoms with Gasteiger partial charge in [-0.25, -0.2) is 9.69 Å². The number of imide groups is 1. The summed E-state index contributed by atoms with van der Waals surface area (Å²) in [6.07, 6.45) is 1.41. The molecule has 2 unspecified atom stereocenters. The second kappa shape index (κ2) is 10.2. The number of aryl methyl sites for hydroxylation is 1. The van der Waals surface area contributed by atoms with Crippen molar-refractivity contribution >= 4 is 29.4 Å². The highest BCUT2D eigenvalue weighted by atomic mass is 16.5. The predicted molar refractivity (Wildman–Crippen MR) is 124 cm³/mol. The van der Waals surface area contributed by atoms with E-state index in [1.807, 2.05) is 13.0 Å². The van der Waals surface area contributed by atoms with Crippen LogP contribution in [0.2, 0.25) is 0 Å².